The Morgan fingerprint density at radius 1 is 1.00 bits per heavy atom. The summed E-state index contributed by atoms with van der Waals surface area (Å²) in [5.41, 5.74) is 7.71. The van der Waals surface area contributed by atoms with Crippen molar-refractivity contribution in [2.45, 2.75) is 38.6 Å². The molecule has 2 atom stereocenters. The third kappa shape index (κ3) is 7.21. The van der Waals surface area contributed by atoms with Gasteiger partial charge in [0.05, 0.1) is 6.04 Å². The molecule has 0 fully saturated rings. The largest absolute Gasteiger partial charge is 0.445 e. The zero-order valence-electron chi connectivity index (χ0n) is 15.5. The number of alkyl carbamates (subject to hydrolysis) is 1. The molecular weight excluding hydrogens is 344 g/mol. The van der Waals surface area contributed by atoms with E-state index < -0.39 is 18.4 Å². The highest BCUT2D eigenvalue weighted by molar-refractivity contribution is 5.90. The molecule has 6 nitrogen and oxygen atoms in total. The summed E-state index contributed by atoms with van der Waals surface area (Å²) < 4.78 is 10.4. The number of amides is 1. The monoisotopic (exact) mass is 370 g/mol. The van der Waals surface area contributed by atoms with Gasteiger partial charge in [-0.15, -0.1) is 0 Å². The second-order valence-electron chi connectivity index (χ2n) is 6.06. The van der Waals surface area contributed by atoms with Crippen LogP contribution in [0.2, 0.25) is 0 Å². The number of carbonyl (C=O) groups is 2. The summed E-state index contributed by atoms with van der Waals surface area (Å²) >= 11 is 0. The van der Waals surface area contributed by atoms with E-state index >= 15 is 0 Å². The van der Waals surface area contributed by atoms with Crippen LogP contribution in [0.25, 0.3) is 0 Å². The summed E-state index contributed by atoms with van der Waals surface area (Å²) in [5.74, 6) is -0.371. The lowest BCUT2D eigenvalue weighted by atomic mass is 10.0. The first-order valence-electron chi connectivity index (χ1n) is 9.02. The van der Waals surface area contributed by atoms with Gasteiger partial charge in [0, 0.05) is 6.61 Å². The van der Waals surface area contributed by atoms with Crippen LogP contribution in [0.15, 0.2) is 60.7 Å². The van der Waals surface area contributed by atoms with E-state index in [9.17, 15) is 9.59 Å². The van der Waals surface area contributed by atoms with Crippen molar-refractivity contribution in [2.75, 3.05) is 6.61 Å². The fraction of sp³-hybridized carbons (Fsp3) is 0.333. The second kappa shape index (κ2) is 11.1. The molecule has 2 aromatic rings. The van der Waals surface area contributed by atoms with Gasteiger partial charge in [0.2, 0.25) is 0 Å². The molecule has 0 aliphatic heterocycles. The number of hydrogen-bond donors (Lipinski definition) is 2. The molecular formula is C21H26N2O4. The molecule has 0 aliphatic rings. The van der Waals surface area contributed by atoms with Crippen LogP contribution in [0, 0.1) is 0 Å². The van der Waals surface area contributed by atoms with E-state index in [1.807, 2.05) is 60.7 Å². The average molecular weight is 370 g/mol. The minimum atomic E-state index is -1.08. The predicted octanol–water partition coefficient (Wildman–Crippen LogP) is 2.80. The Morgan fingerprint density at radius 3 is 2.19 bits per heavy atom. The van der Waals surface area contributed by atoms with Crippen molar-refractivity contribution < 1.29 is 19.1 Å². The lowest BCUT2D eigenvalue weighted by molar-refractivity contribution is -0.132. The fourth-order valence-corrected chi connectivity index (χ4v) is 2.61. The molecule has 2 aromatic carbocycles. The molecule has 0 aromatic heterocycles. The van der Waals surface area contributed by atoms with Crippen LogP contribution in [0.4, 0.5) is 4.79 Å². The highest BCUT2D eigenvalue weighted by Crippen LogP contribution is 2.08. The van der Waals surface area contributed by atoms with Crippen LogP contribution in [0.1, 0.15) is 24.5 Å². The van der Waals surface area contributed by atoms with Gasteiger partial charge in [-0.1, -0.05) is 60.7 Å². The van der Waals surface area contributed by atoms with E-state index in [1.54, 1.807) is 6.92 Å². The summed E-state index contributed by atoms with van der Waals surface area (Å²) in [6.07, 6.45) is -0.710. The van der Waals surface area contributed by atoms with Gasteiger partial charge in [-0.25, -0.2) is 4.79 Å². The first kappa shape index (κ1) is 20.6. The maximum Gasteiger partial charge on any atom is 0.408 e. The highest BCUT2D eigenvalue weighted by atomic mass is 16.5. The maximum atomic E-state index is 12.5. The number of ether oxygens (including phenoxy) is 2. The summed E-state index contributed by atoms with van der Waals surface area (Å²) in [7, 11) is 0. The van der Waals surface area contributed by atoms with E-state index in [4.69, 9.17) is 15.2 Å². The van der Waals surface area contributed by atoms with Crippen molar-refractivity contribution in [3.63, 3.8) is 0 Å². The number of Topliss-reactive ketones (excluding diaryl/α,β-unsaturated/α-hetero) is 1. The van der Waals surface area contributed by atoms with Gasteiger partial charge in [0.25, 0.3) is 0 Å². The number of carbonyl (C=O) groups excluding carboxylic acids is 2. The van der Waals surface area contributed by atoms with Crippen molar-refractivity contribution in [3.8, 4) is 0 Å². The van der Waals surface area contributed by atoms with Crippen LogP contribution in [0.3, 0.4) is 0 Å². The Labute approximate surface area is 159 Å². The third-order valence-corrected chi connectivity index (χ3v) is 4.04. The number of hydrogen-bond acceptors (Lipinski definition) is 5. The summed E-state index contributed by atoms with van der Waals surface area (Å²) in [6, 6.07) is 18.3. The number of aryl methyl sites for hydroxylation is 1. The Morgan fingerprint density at radius 2 is 1.59 bits per heavy atom. The normalized spacial score (nSPS) is 12.8. The number of nitrogens with one attached hydrogen (secondary N) is 1. The maximum absolute atomic E-state index is 12.5. The average Bonchev–Trinajstić information content (AvgIpc) is 2.70. The van der Waals surface area contributed by atoms with Gasteiger partial charge in [0.15, 0.2) is 12.0 Å². The number of ketones is 1. The van der Waals surface area contributed by atoms with Crippen LogP contribution < -0.4 is 11.1 Å². The lowest BCUT2D eigenvalue weighted by Gasteiger charge is -2.21. The van der Waals surface area contributed by atoms with Crippen LogP contribution >= 0.6 is 0 Å². The predicted molar refractivity (Wildman–Crippen MR) is 103 cm³/mol. The second-order valence-corrected chi connectivity index (χ2v) is 6.06. The Hall–Kier alpha value is -2.70. The number of benzene rings is 2. The Balaban J connectivity index is 1.95. The molecule has 144 valence electrons. The van der Waals surface area contributed by atoms with Gasteiger partial charge < -0.3 is 14.8 Å². The molecule has 0 spiro atoms. The fourth-order valence-electron chi connectivity index (χ4n) is 2.61. The van der Waals surface area contributed by atoms with Crippen molar-refractivity contribution in [1.29, 1.82) is 0 Å². The van der Waals surface area contributed by atoms with E-state index in [0.29, 0.717) is 19.4 Å². The molecule has 0 saturated carbocycles. The van der Waals surface area contributed by atoms with E-state index in [0.717, 1.165) is 11.1 Å². The minimum absolute atomic E-state index is 0.129. The molecule has 1 amide bonds. The topological polar surface area (TPSA) is 90.6 Å². The molecule has 3 N–H and O–H groups in total. The van der Waals surface area contributed by atoms with Gasteiger partial charge in [-0.05, 0) is 30.9 Å². The standard InChI is InChI=1S/C21H26N2O4/c1-2-26-20(22)19(24)18(14-13-16-9-5-3-6-10-16)23-21(25)27-15-17-11-7-4-8-12-17/h3-12,18,20H,2,13-15,22H2,1H3,(H,23,25)/t18-,20?/m0/s1. The molecule has 0 aliphatic carbocycles. The first-order valence-corrected chi connectivity index (χ1v) is 9.02. The summed E-state index contributed by atoms with van der Waals surface area (Å²) in [6.45, 7) is 2.20. The van der Waals surface area contributed by atoms with E-state index in [1.165, 1.54) is 0 Å². The van der Waals surface area contributed by atoms with Crippen molar-refractivity contribution >= 4 is 11.9 Å². The zero-order chi connectivity index (χ0) is 19.5. The molecule has 0 radical (unpaired) electrons. The van der Waals surface area contributed by atoms with Crippen molar-refractivity contribution in [1.82, 2.24) is 5.32 Å². The molecule has 2 rings (SSSR count). The first-order chi connectivity index (χ1) is 13.1. The van der Waals surface area contributed by atoms with E-state index in [-0.39, 0.29) is 12.4 Å². The minimum Gasteiger partial charge on any atom is -0.445 e. The highest BCUT2D eigenvalue weighted by Gasteiger charge is 2.26. The van der Waals surface area contributed by atoms with Gasteiger partial charge >= 0.3 is 6.09 Å². The molecule has 0 bridgehead atoms. The molecule has 6 heteroatoms. The lowest BCUT2D eigenvalue weighted by Crippen LogP contribution is -2.49. The third-order valence-electron chi connectivity index (χ3n) is 4.04. The van der Waals surface area contributed by atoms with Crippen molar-refractivity contribution in [2.24, 2.45) is 5.73 Å². The molecule has 0 saturated heterocycles. The zero-order valence-corrected chi connectivity index (χ0v) is 15.5. The number of rotatable bonds is 10. The quantitative estimate of drug-likeness (QED) is 0.628. The Kier molecular flexibility index (Phi) is 8.48. The number of nitrogens with two attached hydrogens (primary N) is 1. The molecule has 0 heterocycles. The van der Waals surface area contributed by atoms with Gasteiger partial charge in [-0.3, -0.25) is 10.5 Å². The SMILES string of the molecule is CCOC(N)C(=O)[C@H](CCc1ccccc1)NC(=O)OCc1ccccc1. The van der Waals surface area contributed by atoms with Crippen LogP contribution in [0.5, 0.6) is 0 Å². The smallest absolute Gasteiger partial charge is 0.408 e. The summed E-state index contributed by atoms with van der Waals surface area (Å²) in [5, 5.41) is 2.63. The van der Waals surface area contributed by atoms with Crippen molar-refractivity contribution in [3.05, 3.63) is 71.8 Å². The van der Waals surface area contributed by atoms with Crippen LogP contribution in [-0.4, -0.2) is 30.8 Å². The summed E-state index contributed by atoms with van der Waals surface area (Å²) in [4.78, 5) is 24.7. The van der Waals surface area contributed by atoms with Gasteiger partial charge in [0.1, 0.15) is 6.61 Å². The van der Waals surface area contributed by atoms with E-state index in [2.05, 4.69) is 5.32 Å². The molecule has 1 unspecified atom stereocenters. The van der Waals surface area contributed by atoms with Gasteiger partial charge in [-0.2, -0.15) is 0 Å². The Bertz CT molecular complexity index is 707. The molecule has 27 heavy (non-hydrogen) atoms. The van der Waals surface area contributed by atoms with Crippen LogP contribution in [-0.2, 0) is 27.3 Å².